The van der Waals surface area contributed by atoms with E-state index in [-0.39, 0.29) is 13.2 Å². The number of carbonyl (C=O) groups excluding carboxylic acids is 1. The number of nitrogens with one attached hydrogen (secondary N) is 1. The van der Waals surface area contributed by atoms with Gasteiger partial charge >= 0.3 is 0 Å². The first-order valence-corrected chi connectivity index (χ1v) is 1.83. The highest BCUT2D eigenvalue weighted by molar-refractivity contribution is 5.43. The Hall–Kier alpha value is -0.610. The van der Waals surface area contributed by atoms with Gasteiger partial charge in [0.15, 0.2) is 0 Å². The molecule has 0 rings (SSSR count). The second-order valence-electron chi connectivity index (χ2n) is 0.808. The van der Waals surface area contributed by atoms with Gasteiger partial charge in [0.1, 0.15) is 0 Å². The first-order chi connectivity index (χ1) is 3.41. The molecule has 0 saturated carbocycles. The molecule has 0 spiro atoms. The van der Waals surface area contributed by atoms with Gasteiger partial charge in [-0.1, -0.05) is 0 Å². The van der Waals surface area contributed by atoms with Crippen LogP contribution < -0.4 is 5.48 Å². The molecule has 0 aliphatic carbocycles. The van der Waals surface area contributed by atoms with Gasteiger partial charge in [-0.05, 0) is 0 Å². The number of hydrogen-bond acceptors (Lipinski definition) is 3. The van der Waals surface area contributed by atoms with Crippen LogP contribution in [-0.2, 0) is 9.63 Å². The summed E-state index contributed by atoms with van der Waals surface area (Å²) in [5, 5.41) is 8.01. The van der Waals surface area contributed by atoms with Crippen molar-refractivity contribution >= 4 is 6.41 Å². The third kappa shape index (κ3) is 5.39. The normalized spacial score (nSPS) is 8.14. The highest BCUT2D eigenvalue weighted by atomic mass is 16.7. The van der Waals surface area contributed by atoms with Gasteiger partial charge in [0, 0.05) is 0 Å². The van der Waals surface area contributed by atoms with Crippen molar-refractivity contribution in [2.75, 3.05) is 13.2 Å². The smallest absolute Gasteiger partial charge is 0.230 e. The molecule has 0 unspecified atom stereocenters. The van der Waals surface area contributed by atoms with E-state index >= 15 is 0 Å². The van der Waals surface area contributed by atoms with Crippen molar-refractivity contribution in [1.29, 1.82) is 0 Å². The van der Waals surface area contributed by atoms with Gasteiger partial charge in [-0.3, -0.25) is 9.63 Å². The van der Waals surface area contributed by atoms with Crippen LogP contribution >= 0.6 is 0 Å². The summed E-state index contributed by atoms with van der Waals surface area (Å²) in [4.78, 5) is 13.6. The highest BCUT2D eigenvalue weighted by Crippen LogP contribution is 1.58. The molecule has 7 heavy (non-hydrogen) atoms. The van der Waals surface area contributed by atoms with E-state index in [2.05, 4.69) is 4.84 Å². The minimum Gasteiger partial charge on any atom is -0.394 e. The molecular formula is C3H7NO3. The predicted molar refractivity (Wildman–Crippen MR) is 22.2 cm³/mol. The number of aliphatic hydroxyl groups is 1. The number of rotatable bonds is 4. The Kier molecular flexibility index (Phi) is 4.92. The molecule has 0 aromatic heterocycles. The summed E-state index contributed by atoms with van der Waals surface area (Å²) in [6.45, 7) is 0.0551. The zero-order valence-corrected chi connectivity index (χ0v) is 3.76. The van der Waals surface area contributed by atoms with Crippen LogP contribution in [0.25, 0.3) is 0 Å². The Morgan fingerprint density at radius 3 is 3.00 bits per heavy atom. The molecule has 2 N–H and O–H groups in total. The quantitative estimate of drug-likeness (QED) is 0.264. The van der Waals surface area contributed by atoms with Crippen molar-refractivity contribution in [3.05, 3.63) is 0 Å². The fourth-order valence-corrected chi connectivity index (χ4v) is 0.139. The SMILES string of the molecule is O=CNOCCO. The van der Waals surface area contributed by atoms with E-state index in [4.69, 9.17) is 5.11 Å². The predicted octanol–water partition coefficient (Wildman–Crippen LogP) is -1.34. The van der Waals surface area contributed by atoms with Crippen LogP contribution in [-0.4, -0.2) is 24.7 Å². The third-order valence-electron chi connectivity index (χ3n) is 0.325. The standard InChI is InChI=1S/C3H7NO3/c5-1-2-7-4-3-6/h3,5H,1-2H2,(H,4,6). The number of aliphatic hydroxyl groups excluding tert-OH is 1. The first-order valence-electron chi connectivity index (χ1n) is 1.83. The Labute approximate surface area is 41.0 Å². The molecule has 0 atom stereocenters. The maximum atomic E-state index is 9.36. The Bertz CT molecular complexity index is 47.4. The molecule has 0 heterocycles. The topological polar surface area (TPSA) is 58.6 Å². The van der Waals surface area contributed by atoms with Crippen molar-refractivity contribution < 1.29 is 14.7 Å². The number of hydroxylamine groups is 1. The van der Waals surface area contributed by atoms with E-state index in [1.54, 1.807) is 0 Å². The summed E-state index contributed by atoms with van der Waals surface area (Å²) in [7, 11) is 0. The number of amides is 1. The van der Waals surface area contributed by atoms with Crippen LogP contribution in [0.1, 0.15) is 0 Å². The second kappa shape index (κ2) is 5.39. The van der Waals surface area contributed by atoms with Crippen LogP contribution in [0.3, 0.4) is 0 Å². The second-order valence-corrected chi connectivity index (χ2v) is 0.808. The summed E-state index contributed by atoms with van der Waals surface area (Å²) in [5.74, 6) is 0. The summed E-state index contributed by atoms with van der Waals surface area (Å²) < 4.78 is 0. The average Bonchev–Trinajstić information content (AvgIpc) is 1.69. The molecule has 0 aliphatic heterocycles. The molecule has 0 aromatic rings. The van der Waals surface area contributed by atoms with Crippen LogP contribution in [0.15, 0.2) is 0 Å². The molecule has 0 bridgehead atoms. The minimum absolute atomic E-state index is 0.0825. The lowest BCUT2D eigenvalue weighted by Crippen LogP contribution is -2.14. The summed E-state index contributed by atoms with van der Waals surface area (Å²) in [6, 6.07) is 0. The molecule has 0 fully saturated rings. The van der Waals surface area contributed by atoms with E-state index in [1.807, 2.05) is 5.48 Å². The van der Waals surface area contributed by atoms with Gasteiger partial charge in [-0.15, -0.1) is 0 Å². The highest BCUT2D eigenvalue weighted by Gasteiger charge is 1.76. The molecule has 42 valence electrons. The molecule has 4 heteroatoms. The fraction of sp³-hybridized carbons (Fsp3) is 0.667. The maximum absolute atomic E-state index is 9.36. The van der Waals surface area contributed by atoms with Gasteiger partial charge in [0.25, 0.3) is 0 Å². The molecular weight excluding hydrogens is 98.0 g/mol. The van der Waals surface area contributed by atoms with Crippen molar-refractivity contribution in [3.8, 4) is 0 Å². The average molecular weight is 105 g/mol. The minimum atomic E-state index is -0.0825. The molecule has 0 aromatic carbocycles. The zero-order chi connectivity index (χ0) is 5.54. The van der Waals surface area contributed by atoms with E-state index in [0.717, 1.165) is 0 Å². The molecule has 0 aliphatic rings. The molecule has 0 radical (unpaired) electrons. The van der Waals surface area contributed by atoms with Crippen molar-refractivity contribution in [2.45, 2.75) is 0 Å². The number of hydrogen-bond donors (Lipinski definition) is 2. The zero-order valence-electron chi connectivity index (χ0n) is 3.76. The van der Waals surface area contributed by atoms with Gasteiger partial charge in [-0.25, -0.2) is 5.48 Å². The lowest BCUT2D eigenvalue weighted by molar-refractivity contribution is -0.121. The van der Waals surface area contributed by atoms with Crippen molar-refractivity contribution in [3.63, 3.8) is 0 Å². The summed E-state index contributed by atoms with van der Waals surface area (Å²) >= 11 is 0. The van der Waals surface area contributed by atoms with E-state index in [0.29, 0.717) is 6.41 Å². The van der Waals surface area contributed by atoms with Gasteiger partial charge in [0.2, 0.25) is 6.41 Å². The molecule has 0 saturated heterocycles. The Morgan fingerprint density at radius 1 is 1.86 bits per heavy atom. The van der Waals surface area contributed by atoms with Gasteiger partial charge in [-0.2, -0.15) is 0 Å². The lowest BCUT2D eigenvalue weighted by Gasteiger charge is -1.92. The third-order valence-corrected chi connectivity index (χ3v) is 0.325. The van der Waals surface area contributed by atoms with Crippen LogP contribution in [0.2, 0.25) is 0 Å². The fourth-order valence-electron chi connectivity index (χ4n) is 0.139. The Morgan fingerprint density at radius 2 is 2.57 bits per heavy atom. The van der Waals surface area contributed by atoms with E-state index in [9.17, 15) is 4.79 Å². The first kappa shape index (κ1) is 6.39. The summed E-state index contributed by atoms with van der Waals surface area (Å²) in [6.07, 6.45) is 0.398. The van der Waals surface area contributed by atoms with Crippen LogP contribution in [0.4, 0.5) is 0 Å². The monoisotopic (exact) mass is 105 g/mol. The van der Waals surface area contributed by atoms with Crippen LogP contribution in [0, 0.1) is 0 Å². The van der Waals surface area contributed by atoms with Gasteiger partial charge in [0.05, 0.1) is 13.2 Å². The number of carbonyl (C=O) groups is 1. The van der Waals surface area contributed by atoms with Gasteiger partial charge < -0.3 is 5.11 Å². The van der Waals surface area contributed by atoms with E-state index in [1.165, 1.54) is 0 Å². The Balaban J connectivity index is 2.56. The van der Waals surface area contributed by atoms with E-state index < -0.39 is 0 Å². The lowest BCUT2D eigenvalue weighted by atomic mass is 10.8. The summed E-state index contributed by atoms with van der Waals surface area (Å²) in [5.41, 5.74) is 1.91. The molecule has 1 amide bonds. The molecule has 4 nitrogen and oxygen atoms in total. The maximum Gasteiger partial charge on any atom is 0.230 e. The van der Waals surface area contributed by atoms with Crippen LogP contribution in [0.5, 0.6) is 0 Å². The van der Waals surface area contributed by atoms with Crippen molar-refractivity contribution in [2.24, 2.45) is 0 Å². The largest absolute Gasteiger partial charge is 0.394 e. The van der Waals surface area contributed by atoms with Crippen molar-refractivity contribution in [1.82, 2.24) is 5.48 Å².